The van der Waals surface area contributed by atoms with Gasteiger partial charge in [0.1, 0.15) is 23.1 Å². The van der Waals surface area contributed by atoms with Gasteiger partial charge in [-0.1, -0.05) is 72.8 Å². The standard InChI is InChI=1S/C42H44N4O2/c1-39(2)29-21-15-23-31(35(29)47)41(5,6)38-44-34(26-46(38)28-19-13-10-14-20-28)40(3,4)30-22-16-24-32(36(30)48)42(7,8)37-43-33(39)25-45(37)27-17-11-9-12-18-27/h9-26,47-48H,1-8H3. The van der Waals surface area contributed by atoms with Crippen molar-refractivity contribution in [2.24, 2.45) is 0 Å². The number of aromatic hydroxyl groups is 2. The van der Waals surface area contributed by atoms with Crippen molar-refractivity contribution in [1.82, 2.24) is 19.1 Å². The lowest BCUT2D eigenvalue weighted by molar-refractivity contribution is 0.423. The highest BCUT2D eigenvalue weighted by atomic mass is 16.3. The smallest absolute Gasteiger partial charge is 0.123 e. The number of para-hydroxylation sites is 4. The molecular formula is C42H44N4O2. The quantitative estimate of drug-likeness (QED) is 0.199. The van der Waals surface area contributed by atoms with Crippen LogP contribution in [0.4, 0.5) is 0 Å². The molecule has 0 atom stereocenters. The number of benzene rings is 4. The lowest BCUT2D eigenvalue weighted by Gasteiger charge is -2.32. The highest BCUT2D eigenvalue weighted by molar-refractivity contribution is 5.57. The maximum absolute atomic E-state index is 12.3. The predicted octanol–water partition coefficient (Wildman–Crippen LogP) is 9.09. The minimum absolute atomic E-state index is 0.237. The fraction of sp³-hybridized carbons (Fsp3) is 0.286. The molecule has 2 aromatic heterocycles. The minimum atomic E-state index is -0.710. The zero-order chi connectivity index (χ0) is 34.2. The molecule has 0 saturated carbocycles. The Balaban J connectivity index is 1.60. The average molecular weight is 637 g/mol. The van der Waals surface area contributed by atoms with Gasteiger partial charge in [0.2, 0.25) is 0 Å². The number of fused-ring (bicyclic) bond motifs is 8. The van der Waals surface area contributed by atoms with Gasteiger partial charge in [-0.3, -0.25) is 0 Å². The highest BCUT2D eigenvalue weighted by Gasteiger charge is 2.42. The molecule has 1 aliphatic heterocycles. The third-order valence-electron chi connectivity index (χ3n) is 10.6. The van der Waals surface area contributed by atoms with Crippen LogP contribution in [0, 0.1) is 0 Å². The van der Waals surface area contributed by atoms with Crippen LogP contribution < -0.4 is 0 Å². The summed E-state index contributed by atoms with van der Waals surface area (Å²) in [5, 5.41) is 24.5. The van der Waals surface area contributed by atoms with Gasteiger partial charge >= 0.3 is 0 Å². The van der Waals surface area contributed by atoms with Gasteiger partial charge in [-0.25, -0.2) is 9.97 Å². The largest absolute Gasteiger partial charge is 0.507 e. The number of hydrogen-bond acceptors (Lipinski definition) is 4. The van der Waals surface area contributed by atoms with E-state index in [1.54, 1.807) is 0 Å². The summed E-state index contributed by atoms with van der Waals surface area (Å²) in [4.78, 5) is 10.7. The van der Waals surface area contributed by atoms with E-state index in [1.165, 1.54) is 0 Å². The molecule has 7 rings (SSSR count). The Hall–Kier alpha value is -5.10. The first-order chi connectivity index (χ1) is 22.7. The number of phenolic OH excluding ortho intramolecular Hbond substituents is 2. The second-order valence-corrected chi connectivity index (χ2v) is 15.2. The van der Waals surface area contributed by atoms with Crippen molar-refractivity contribution in [2.45, 2.75) is 77.0 Å². The summed E-state index contributed by atoms with van der Waals surface area (Å²) >= 11 is 0. The van der Waals surface area contributed by atoms with Gasteiger partial charge in [0.05, 0.1) is 22.2 Å². The van der Waals surface area contributed by atoms with Crippen LogP contribution in [-0.2, 0) is 21.7 Å². The van der Waals surface area contributed by atoms with Crippen molar-refractivity contribution >= 4 is 0 Å². The molecule has 8 bridgehead atoms. The summed E-state index contributed by atoms with van der Waals surface area (Å²) in [6.07, 6.45) is 4.17. The van der Waals surface area contributed by atoms with E-state index in [2.05, 4.69) is 101 Å². The Morgan fingerprint density at radius 3 is 1.06 bits per heavy atom. The maximum Gasteiger partial charge on any atom is 0.123 e. The van der Waals surface area contributed by atoms with Gasteiger partial charge in [-0.05, 0) is 79.7 Å². The Bertz CT molecular complexity index is 2000. The monoisotopic (exact) mass is 636 g/mol. The van der Waals surface area contributed by atoms with E-state index in [9.17, 15) is 10.2 Å². The number of rotatable bonds is 2. The molecular weight excluding hydrogens is 592 g/mol. The third kappa shape index (κ3) is 4.61. The lowest BCUT2D eigenvalue weighted by atomic mass is 9.75. The summed E-state index contributed by atoms with van der Waals surface area (Å²) in [6.45, 7) is 16.9. The Kier molecular flexibility index (Phi) is 7.03. The van der Waals surface area contributed by atoms with Crippen molar-refractivity contribution in [2.75, 3.05) is 0 Å². The molecule has 48 heavy (non-hydrogen) atoms. The molecule has 4 aromatic carbocycles. The Morgan fingerprint density at radius 1 is 0.417 bits per heavy atom. The number of imidazole rings is 2. The second-order valence-electron chi connectivity index (χ2n) is 15.2. The third-order valence-corrected chi connectivity index (χ3v) is 10.6. The summed E-state index contributed by atoms with van der Waals surface area (Å²) in [7, 11) is 0. The zero-order valence-electron chi connectivity index (χ0n) is 29.1. The van der Waals surface area contributed by atoms with Crippen molar-refractivity contribution in [3.63, 3.8) is 0 Å². The molecule has 244 valence electrons. The first-order valence-corrected chi connectivity index (χ1v) is 16.6. The van der Waals surface area contributed by atoms with Crippen LogP contribution >= 0.6 is 0 Å². The van der Waals surface area contributed by atoms with Crippen LogP contribution in [0.3, 0.4) is 0 Å². The van der Waals surface area contributed by atoms with Gasteiger partial charge in [0.25, 0.3) is 0 Å². The summed E-state index contributed by atoms with van der Waals surface area (Å²) in [5.41, 5.74) is 3.93. The summed E-state index contributed by atoms with van der Waals surface area (Å²) in [5.74, 6) is 2.06. The van der Waals surface area contributed by atoms with Crippen LogP contribution in [-0.4, -0.2) is 29.3 Å². The van der Waals surface area contributed by atoms with Crippen molar-refractivity contribution in [3.8, 4) is 22.9 Å². The Morgan fingerprint density at radius 2 is 0.729 bits per heavy atom. The van der Waals surface area contributed by atoms with Crippen molar-refractivity contribution in [1.29, 1.82) is 0 Å². The molecule has 1 aliphatic rings. The van der Waals surface area contributed by atoms with Crippen LogP contribution in [0.5, 0.6) is 11.5 Å². The number of hydrogen-bond donors (Lipinski definition) is 2. The van der Waals surface area contributed by atoms with Crippen LogP contribution in [0.1, 0.15) is 101 Å². The molecule has 3 heterocycles. The summed E-state index contributed by atoms with van der Waals surface area (Å²) in [6, 6.07) is 32.4. The molecule has 2 N–H and O–H groups in total. The van der Waals surface area contributed by atoms with E-state index in [0.717, 1.165) is 56.7 Å². The van der Waals surface area contributed by atoms with E-state index in [4.69, 9.17) is 9.97 Å². The number of aromatic nitrogens is 4. The average Bonchev–Trinajstić information content (AvgIpc) is 3.73. The zero-order valence-corrected chi connectivity index (χ0v) is 29.1. The molecule has 6 aromatic rings. The maximum atomic E-state index is 12.3. The first kappa shape index (κ1) is 31.5. The normalized spacial score (nSPS) is 17.2. The molecule has 0 unspecified atom stereocenters. The van der Waals surface area contributed by atoms with Gasteiger partial charge in [0, 0.05) is 56.9 Å². The summed E-state index contributed by atoms with van der Waals surface area (Å²) < 4.78 is 4.26. The van der Waals surface area contributed by atoms with Gasteiger partial charge in [0.15, 0.2) is 0 Å². The van der Waals surface area contributed by atoms with Gasteiger partial charge < -0.3 is 19.3 Å². The fourth-order valence-electron chi connectivity index (χ4n) is 7.44. The molecule has 0 fully saturated rings. The van der Waals surface area contributed by atoms with Crippen molar-refractivity contribution < 1.29 is 10.2 Å². The highest BCUT2D eigenvalue weighted by Crippen LogP contribution is 2.48. The minimum Gasteiger partial charge on any atom is -0.507 e. The molecule has 0 radical (unpaired) electrons. The van der Waals surface area contributed by atoms with E-state index in [1.807, 2.05) is 72.8 Å². The SMILES string of the molecule is CC1(C)c2cn(-c3ccccc3)c(n2)C(C)(C)c2cccc(c2O)C(C)(C)c2cn(-c3ccccc3)c(n2)C(C)(C)c2cccc1c2O. The predicted molar refractivity (Wildman–Crippen MR) is 192 cm³/mol. The van der Waals surface area contributed by atoms with E-state index in [0.29, 0.717) is 0 Å². The van der Waals surface area contributed by atoms with Crippen LogP contribution in [0.15, 0.2) is 109 Å². The number of nitrogens with zero attached hydrogens (tertiary/aromatic N) is 4. The number of phenols is 2. The molecule has 6 nitrogen and oxygen atoms in total. The van der Waals surface area contributed by atoms with Gasteiger partial charge in [-0.15, -0.1) is 0 Å². The van der Waals surface area contributed by atoms with Gasteiger partial charge in [-0.2, -0.15) is 0 Å². The van der Waals surface area contributed by atoms with E-state index in [-0.39, 0.29) is 11.5 Å². The molecule has 0 saturated heterocycles. The topological polar surface area (TPSA) is 76.1 Å². The van der Waals surface area contributed by atoms with Crippen LogP contribution in [0.2, 0.25) is 0 Å². The van der Waals surface area contributed by atoms with Crippen molar-refractivity contribution in [3.05, 3.63) is 155 Å². The second kappa shape index (κ2) is 10.7. The molecule has 0 amide bonds. The molecule has 6 heteroatoms. The fourth-order valence-corrected chi connectivity index (χ4v) is 7.44. The van der Waals surface area contributed by atoms with E-state index >= 15 is 0 Å². The van der Waals surface area contributed by atoms with Crippen LogP contribution in [0.25, 0.3) is 11.4 Å². The molecule has 0 spiro atoms. The lowest BCUT2D eigenvalue weighted by Crippen LogP contribution is -2.28. The molecule has 0 aliphatic carbocycles. The first-order valence-electron chi connectivity index (χ1n) is 16.6. The Labute approximate surface area is 283 Å². The van der Waals surface area contributed by atoms with E-state index < -0.39 is 21.7 Å².